The van der Waals surface area contributed by atoms with Gasteiger partial charge < -0.3 is 9.15 Å². The van der Waals surface area contributed by atoms with Crippen molar-refractivity contribution >= 4 is 35.1 Å². The molecular weight excluding hydrogens is 363 g/mol. The molecule has 0 aliphatic rings. The molecule has 0 N–H and O–H groups in total. The van der Waals surface area contributed by atoms with Gasteiger partial charge >= 0.3 is 0 Å². The van der Waals surface area contributed by atoms with Crippen LogP contribution in [-0.4, -0.2) is 15.6 Å². The molecule has 0 fully saturated rings. The molecule has 0 aliphatic heterocycles. The van der Waals surface area contributed by atoms with Crippen LogP contribution in [0.4, 0.5) is 0 Å². The fraction of sp³-hybridized carbons (Fsp3) is 0.111. The summed E-state index contributed by atoms with van der Waals surface area (Å²) in [5.74, 6) is 1.58. The molecular formula is C18H14Cl2N2O3. The molecule has 5 nitrogen and oxygen atoms in total. The number of benzene rings is 1. The summed E-state index contributed by atoms with van der Waals surface area (Å²) < 4.78 is 12.8. The summed E-state index contributed by atoms with van der Waals surface area (Å²) in [7, 11) is 1.76. The van der Waals surface area contributed by atoms with E-state index in [0.717, 1.165) is 0 Å². The molecule has 2 heterocycles. The first-order chi connectivity index (χ1) is 12.0. The third kappa shape index (κ3) is 4.53. The van der Waals surface area contributed by atoms with Gasteiger partial charge in [0.05, 0.1) is 10.0 Å². The zero-order valence-electron chi connectivity index (χ0n) is 13.3. The van der Waals surface area contributed by atoms with Crippen LogP contribution in [0.2, 0.25) is 10.0 Å². The minimum Gasteiger partial charge on any atom is -0.486 e. The first-order valence-corrected chi connectivity index (χ1v) is 8.15. The lowest BCUT2D eigenvalue weighted by atomic mass is 10.2. The Morgan fingerprint density at radius 2 is 2.08 bits per heavy atom. The summed E-state index contributed by atoms with van der Waals surface area (Å²) in [5.41, 5.74) is 0.383. The average molecular weight is 377 g/mol. The molecule has 1 aromatic carbocycles. The number of hydrogen-bond donors (Lipinski definition) is 0. The number of carbonyl (C=O) groups is 1. The summed E-state index contributed by atoms with van der Waals surface area (Å²) >= 11 is 11.8. The molecule has 0 saturated carbocycles. The summed E-state index contributed by atoms with van der Waals surface area (Å²) in [4.78, 5) is 12.0. The SMILES string of the molecule is Cn1ccc(C(=O)/C=C\c2ccc(COc3ccc(Cl)c(Cl)c3)o2)n1. The number of ether oxygens (including phenoxy) is 1. The fourth-order valence-corrected chi connectivity index (χ4v) is 2.36. The molecule has 0 atom stereocenters. The molecule has 0 amide bonds. The van der Waals surface area contributed by atoms with E-state index < -0.39 is 0 Å². The predicted octanol–water partition coefficient (Wildman–Crippen LogP) is 4.80. The lowest BCUT2D eigenvalue weighted by molar-refractivity contribution is 0.104. The Bertz CT molecular complexity index is 928. The van der Waals surface area contributed by atoms with Gasteiger partial charge in [-0.05, 0) is 42.5 Å². The van der Waals surface area contributed by atoms with Crippen LogP contribution < -0.4 is 4.74 Å². The van der Waals surface area contributed by atoms with Gasteiger partial charge in [-0.1, -0.05) is 23.2 Å². The van der Waals surface area contributed by atoms with Gasteiger partial charge in [0, 0.05) is 19.3 Å². The molecule has 3 aromatic rings. The van der Waals surface area contributed by atoms with Crippen LogP contribution in [0.1, 0.15) is 22.0 Å². The van der Waals surface area contributed by atoms with Gasteiger partial charge in [0.25, 0.3) is 0 Å². The molecule has 2 aromatic heterocycles. The maximum atomic E-state index is 12.0. The maximum Gasteiger partial charge on any atom is 0.206 e. The molecule has 0 aliphatic carbocycles. The van der Waals surface area contributed by atoms with E-state index in [9.17, 15) is 4.79 Å². The molecule has 0 saturated heterocycles. The zero-order chi connectivity index (χ0) is 17.8. The Kier molecular flexibility index (Phi) is 5.26. The van der Waals surface area contributed by atoms with Gasteiger partial charge in [-0.3, -0.25) is 9.48 Å². The molecule has 0 unspecified atom stereocenters. The molecule has 0 radical (unpaired) electrons. The summed E-state index contributed by atoms with van der Waals surface area (Å²) in [6, 6.07) is 10.2. The van der Waals surface area contributed by atoms with Gasteiger partial charge in [-0.25, -0.2) is 0 Å². The minimum absolute atomic E-state index is 0.189. The highest BCUT2D eigenvalue weighted by Gasteiger charge is 2.06. The minimum atomic E-state index is -0.189. The second-order valence-electron chi connectivity index (χ2n) is 5.24. The van der Waals surface area contributed by atoms with E-state index in [0.29, 0.717) is 33.0 Å². The van der Waals surface area contributed by atoms with Gasteiger partial charge in [0.15, 0.2) is 0 Å². The monoisotopic (exact) mass is 376 g/mol. The van der Waals surface area contributed by atoms with Crippen molar-refractivity contribution < 1.29 is 13.9 Å². The zero-order valence-corrected chi connectivity index (χ0v) is 14.8. The van der Waals surface area contributed by atoms with Crippen molar-refractivity contribution in [3.8, 4) is 5.75 Å². The van der Waals surface area contributed by atoms with Crippen molar-refractivity contribution in [1.82, 2.24) is 9.78 Å². The summed E-state index contributed by atoms with van der Waals surface area (Å²) in [6.45, 7) is 0.236. The highest BCUT2D eigenvalue weighted by Crippen LogP contribution is 2.26. The lowest BCUT2D eigenvalue weighted by Crippen LogP contribution is -1.97. The van der Waals surface area contributed by atoms with E-state index >= 15 is 0 Å². The van der Waals surface area contributed by atoms with Crippen LogP contribution in [0.15, 0.2) is 53.1 Å². The number of carbonyl (C=O) groups excluding carboxylic acids is 1. The van der Waals surface area contributed by atoms with Crippen LogP contribution >= 0.6 is 23.2 Å². The molecule has 0 spiro atoms. The normalized spacial score (nSPS) is 11.2. The first-order valence-electron chi connectivity index (χ1n) is 7.40. The van der Waals surface area contributed by atoms with Crippen molar-refractivity contribution in [3.05, 3.63) is 75.9 Å². The highest BCUT2D eigenvalue weighted by atomic mass is 35.5. The Morgan fingerprint density at radius 3 is 2.80 bits per heavy atom. The number of aryl methyl sites for hydroxylation is 1. The Balaban J connectivity index is 1.59. The molecule has 7 heteroatoms. The topological polar surface area (TPSA) is 57.3 Å². The van der Waals surface area contributed by atoms with Crippen molar-refractivity contribution in [2.45, 2.75) is 6.61 Å². The quantitative estimate of drug-likeness (QED) is 0.458. The number of rotatable bonds is 6. The molecule has 3 rings (SSSR count). The number of hydrogen-bond acceptors (Lipinski definition) is 4. The number of aromatic nitrogens is 2. The number of halogens is 2. The van der Waals surface area contributed by atoms with Crippen LogP contribution in [0.25, 0.3) is 6.08 Å². The average Bonchev–Trinajstić information content (AvgIpc) is 3.23. The van der Waals surface area contributed by atoms with Crippen LogP contribution in [0.3, 0.4) is 0 Å². The number of nitrogens with zero attached hydrogens (tertiary/aromatic N) is 2. The fourth-order valence-electron chi connectivity index (χ4n) is 2.07. The molecule has 128 valence electrons. The predicted molar refractivity (Wildman–Crippen MR) is 96.1 cm³/mol. The van der Waals surface area contributed by atoms with Gasteiger partial charge in [0.1, 0.15) is 29.6 Å². The van der Waals surface area contributed by atoms with Crippen LogP contribution in [0.5, 0.6) is 5.75 Å². The van der Waals surface area contributed by atoms with Crippen LogP contribution in [-0.2, 0) is 13.7 Å². The maximum absolute atomic E-state index is 12.0. The van der Waals surface area contributed by atoms with Gasteiger partial charge in [0.2, 0.25) is 5.78 Å². The van der Waals surface area contributed by atoms with Crippen LogP contribution in [0, 0.1) is 0 Å². The van der Waals surface area contributed by atoms with Crippen molar-refractivity contribution in [1.29, 1.82) is 0 Å². The van der Waals surface area contributed by atoms with E-state index in [1.807, 2.05) is 0 Å². The Labute approximate surface area is 154 Å². The second-order valence-corrected chi connectivity index (χ2v) is 6.06. The largest absolute Gasteiger partial charge is 0.486 e. The summed E-state index contributed by atoms with van der Waals surface area (Å²) in [5, 5.41) is 4.95. The highest BCUT2D eigenvalue weighted by molar-refractivity contribution is 6.42. The lowest BCUT2D eigenvalue weighted by Gasteiger charge is -2.05. The standard InChI is InChI=1S/C18H14Cl2N2O3/c1-22-9-8-17(21-22)18(23)7-5-12-2-3-14(25-12)11-24-13-4-6-15(19)16(20)10-13/h2-10H,11H2,1H3/b7-5-. The number of allylic oxidation sites excluding steroid dienone is 1. The van der Waals surface area contributed by atoms with E-state index in [4.69, 9.17) is 32.4 Å². The third-order valence-corrected chi connectivity index (χ3v) is 4.06. The Morgan fingerprint density at radius 1 is 1.24 bits per heavy atom. The van der Waals surface area contributed by atoms with E-state index in [2.05, 4.69) is 5.10 Å². The van der Waals surface area contributed by atoms with Crippen molar-refractivity contribution in [2.75, 3.05) is 0 Å². The second kappa shape index (κ2) is 7.59. The smallest absolute Gasteiger partial charge is 0.206 e. The van der Waals surface area contributed by atoms with Crippen molar-refractivity contribution in [2.24, 2.45) is 7.05 Å². The number of ketones is 1. The number of furan rings is 1. The molecule has 25 heavy (non-hydrogen) atoms. The first kappa shape index (κ1) is 17.3. The molecule has 0 bridgehead atoms. The van der Waals surface area contributed by atoms with E-state index in [1.165, 1.54) is 6.08 Å². The van der Waals surface area contributed by atoms with Crippen molar-refractivity contribution in [3.63, 3.8) is 0 Å². The van der Waals surface area contributed by atoms with Gasteiger partial charge in [-0.2, -0.15) is 5.10 Å². The van der Waals surface area contributed by atoms with Gasteiger partial charge in [-0.15, -0.1) is 0 Å². The summed E-state index contributed by atoms with van der Waals surface area (Å²) in [6.07, 6.45) is 4.73. The Hall–Kier alpha value is -2.50. The third-order valence-electron chi connectivity index (χ3n) is 3.32. The van der Waals surface area contributed by atoms with E-state index in [1.54, 1.807) is 60.4 Å². The van der Waals surface area contributed by atoms with E-state index in [-0.39, 0.29) is 12.4 Å².